The lowest BCUT2D eigenvalue weighted by molar-refractivity contribution is -0.149. The first-order valence-electron chi connectivity index (χ1n) is 31.2. The van der Waals surface area contributed by atoms with Gasteiger partial charge in [-0.2, -0.15) is 0 Å². The Kier molecular flexibility index (Phi) is 15.6. The van der Waals surface area contributed by atoms with Gasteiger partial charge in [-0.05, 0) is 148 Å². The predicted molar refractivity (Wildman–Crippen MR) is 332 cm³/mol. The molecule has 4 heterocycles. The summed E-state index contributed by atoms with van der Waals surface area (Å²) in [7, 11) is 1.74. The second kappa shape index (κ2) is 23.3. The molecule has 0 spiro atoms. The number of benzene rings is 8. The number of methoxy groups -OCH3 is 1. The molecule has 8 fully saturated rings. The van der Waals surface area contributed by atoms with E-state index < -0.39 is 11.0 Å². The van der Waals surface area contributed by atoms with Crippen molar-refractivity contribution in [3.05, 3.63) is 192 Å². The van der Waals surface area contributed by atoms with E-state index in [0.29, 0.717) is 57.0 Å². The zero-order valence-corrected chi connectivity index (χ0v) is 49.4. The van der Waals surface area contributed by atoms with Crippen LogP contribution in [0.5, 0.6) is 0 Å². The van der Waals surface area contributed by atoms with Gasteiger partial charge in [-0.3, -0.25) is 19.2 Å². The van der Waals surface area contributed by atoms with Crippen molar-refractivity contribution in [2.75, 3.05) is 40.1 Å². The summed E-state index contributed by atoms with van der Waals surface area (Å²) in [6.45, 7) is 4.09. The predicted octanol–water partition coefficient (Wildman–Crippen LogP) is 13.1. The largest absolute Gasteiger partial charge is 0.465 e. The molecule has 8 aromatic rings. The van der Waals surface area contributed by atoms with Gasteiger partial charge >= 0.3 is 23.9 Å². The van der Waals surface area contributed by atoms with Crippen molar-refractivity contribution in [3.63, 3.8) is 0 Å². The van der Waals surface area contributed by atoms with Gasteiger partial charge < -0.3 is 33.9 Å². The quantitative estimate of drug-likeness (QED) is 0.0993. The first-order valence-corrected chi connectivity index (χ1v) is 31.2. The number of aliphatic hydroxyl groups excluding tert-OH is 1. The fourth-order valence-corrected chi connectivity index (χ4v) is 16.9. The van der Waals surface area contributed by atoms with Crippen LogP contribution in [0, 0.1) is 51.2 Å². The second-order valence-electron chi connectivity index (χ2n) is 26.7. The summed E-state index contributed by atoms with van der Waals surface area (Å²) in [4.78, 5) is 49.5. The molecule has 2 N–H and O–H groups in total. The Hall–Kier alpha value is -7.44. The zero-order chi connectivity index (χ0) is 59.3. The first-order chi connectivity index (χ1) is 41.7. The Morgan fingerprint density at radius 2 is 0.814 bits per heavy atom. The molecular formula is C75H78O11. The normalized spacial score (nSPS) is 30.9. The lowest BCUT2D eigenvalue weighted by atomic mass is 9.74. The molecule has 4 aliphatic heterocycles. The van der Waals surface area contributed by atoms with Gasteiger partial charge in [0.15, 0.2) is 0 Å². The molecule has 8 aliphatic rings. The van der Waals surface area contributed by atoms with Crippen LogP contribution in [0.3, 0.4) is 0 Å². The van der Waals surface area contributed by atoms with E-state index in [0.717, 1.165) is 80.5 Å². The Bertz CT molecular complexity index is 3870. The highest BCUT2D eigenvalue weighted by Gasteiger charge is 2.63. The monoisotopic (exact) mass is 1150 g/mol. The molecule has 444 valence electrons. The van der Waals surface area contributed by atoms with Crippen LogP contribution in [-0.2, 0) is 68.5 Å². The van der Waals surface area contributed by atoms with E-state index in [2.05, 4.69) is 146 Å². The molecule has 11 nitrogen and oxygen atoms in total. The number of carbonyl (C=O) groups excluding carboxylic acids is 4. The van der Waals surface area contributed by atoms with E-state index in [-0.39, 0.29) is 71.1 Å². The Labute approximate surface area is 503 Å². The molecule has 4 aliphatic carbocycles. The number of hydrogen-bond donors (Lipinski definition) is 2. The minimum Gasteiger partial charge on any atom is -0.465 e. The highest BCUT2D eigenvalue weighted by molar-refractivity contribution is 5.88. The van der Waals surface area contributed by atoms with Gasteiger partial charge in [0.25, 0.3) is 0 Å². The van der Waals surface area contributed by atoms with Crippen LogP contribution in [0.1, 0.15) is 87.0 Å². The molecule has 0 radical (unpaired) electrons. The number of aliphatic hydroxyl groups is 2. The average Bonchev–Trinajstić information content (AvgIpc) is 1.81. The Balaban J connectivity index is 0.000000106. The summed E-state index contributed by atoms with van der Waals surface area (Å²) >= 11 is 0. The van der Waals surface area contributed by atoms with Gasteiger partial charge in [0.2, 0.25) is 0 Å². The zero-order valence-electron chi connectivity index (χ0n) is 49.4. The first kappa shape index (κ1) is 57.6. The number of rotatable bonds is 10. The van der Waals surface area contributed by atoms with Gasteiger partial charge in [-0.1, -0.05) is 183 Å². The van der Waals surface area contributed by atoms with Gasteiger partial charge in [0, 0.05) is 30.8 Å². The van der Waals surface area contributed by atoms with Crippen LogP contribution in [0.4, 0.5) is 0 Å². The maximum Gasteiger partial charge on any atom is 0.312 e. The molecule has 86 heavy (non-hydrogen) atoms. The van der Waals surface area contributed by atoms with Gasteiger partial charge in [-0.25, -0.2) is 0 Å². The van der Waals surface area contributed by atoms with Crippen LogP contribution >= 0.6 is 0 Å². The SMILES string of the molecule is CC1CC2COC(=O)C2(Cc2ccc3ccccc3c2)C1.COC1CC2COC(=O)C2(Cc2ccc3ccccc3c2)C1.O=C1OCC2CCCC12Cc1ccc2ccccc2c1.O=C1OC[C@H]2C[C@](O)(CO)C[C@@]12Cc1ccc2ccccc2c1. The topological polar surface area (TPSA) is 155 Å². The van der Waals surface area contributed by atoms with E-state index in [1.54, 1.807) is 7.11 Å². The highest BCUT2D eigenvalue weighted by atomic mass is 16.6. The standard InChI is InChI=1S/C19H20O4.C19H20O3.C19H20O2.C18H18O2/c20-12-18(22)9-16-10-23-17(21)19(16,11-18)8-13-5-6-14-3-1-2-4-15(14)7-13;1-21-17-9-16-12-22-18(20)19(16,11-17)10-13-6-7-14-4-2-3-5-15(14)8-13;1-13-8-17-12-21-18(20)19(17,10-13)11-14-6-7-15-4-2-3-5-16(15)9-14;19-17-18(9-3-6-16(18)12-20-17)11-13-7-8-14-4-1-2-5-15(14)10-13/h1-7,16,20,22H,8-12H2;2-8,16-17H,9-12H2,1H3;2-7,9,13,17H,8,10-12H2,1H3;1-2,4-5,7-8,10,16H,3,6,9,11-12H2/t16-,18-,19-;;;/m1.../s1. The third kappa shape index (κ3) is 10.8. The lowest BCUT2D eigenvalue weighted by Crippen LogP contribution is -2.36. The van der Waals surface area contributed by atoms with E-state index in [9.17, 15) is 29.4 Å². The van der Waals surface area contributed by atoms with Crippen LogP contribution in [-0.4, -0.2) is 85.9 Å². The summed E-state index contributed by atoms with van der Waals surface area (Å²) in [6.07, 6.45) is 10.9. The van der Waals surface area contributed by atoms with Crippen molar-refractivity contribution < 1.29 is 53.1 Å². The summed E-state index contributed by atoms with van der Waals surface area (Å²) < 4.78 is 26.9. The van der Waals surface area contributed by atoms with E-state index >= 15 is 0 Å². The van der Waals surface area contributed by atoms with Crippen LogP contribution < -0.4 is 0 Å². The smallest absolute Gasteiger partial charge is 0.312 e. The third-order valence-corrected chi connectivity index (χ3v) is 21.4. The van der Waals surface area contributed by atoms with Gasteiger partial charge in [0.1, 0.15) is 0 Å². The van der Waals surface area contributed by atoms with E-state index in [4.69, 9.17) is 23.7 Å². The maximum absolute atomic E-state index is 12.4. The van der Waals surface area contributed by atoms with Crippen molar-refractivity contribution in [1.29, 1.82) is 0 Å². The van der Waals surface area contributed by atoms with Crippen molar-refractivity contribution >= 4 is 67.0 Å². The molecule has 8 aromatic carbocycles. The number of cyclic esters (lactones) is 4. The number of ether oxygens (including phenoxy) is 5. The summed E-state index contributed by atoms with van der Waals surface area (Å²) in [5, 5.41) is 29.7. The van der Waals surface area contributed by atoms with Crippen molar-refractivity contribution in [2.24, 2.45) is 51.2 Å². The van der Waals surface area contributed by atoms with Crippen molar-refractivity contribution in [3.8, 4) is 0 Å². The second-order valence-corrected chi connectivity index (χ2v) is 26.7. The van der Waals surface area contributed by atoms with Gasteiger partial charge in [0.05, 0.1) is 66.4 Å². The fraction of sp³-hybridized carbons (Fsp3) is 0.413. The number of fused-ring (bicyclic) bond motifs is 8. The molecular weight excluding hydrogens is 1080 g/mol. The number of hydrogen-bond acceptors (Lipinski definition) is 11. The molecule has 16 rings (SSSR count). The van der Waals surface area contributed by atoms with Crippen molar-refractivity contribution in [2.45, 2.75) is 102 Å². The summed E-state index contributed by atoms with van der Waals surface area (Å²) in [6, 6.07) is 59.0. The molecule has 0 bridgehead atoms. The molecule has 4 saturated heterocycles. The lowest BCUT2D eigenvalue weighted by Gasteiger charge is -2.26. The van der Waals surface area contributed by atoms with E-state index in [1.807, 2.05) is 30.3 Å². The fourth-order valence-electron chi connectivity index (χ4n) is 16.9. The van der Waals surface area contributed by atoms with Crippen molar-refractivity contribution in [1.82, 2.24) is 0 Å². The molecule has 0 aromatic heterocycles. The summed E-state index contributed by atoms with van der Waals surface area (Å²) in [5.41, 5.74) is 2.03. The third-order valence-electron chi connectivity index (χ3n) is 21.4. The minimum atomic E-state index is -1.17. The molecule has 4 saturated carbocycles. The Morgan fingerprint density at radius 3 is 1.27 bits per heavy atom. The average molecular weight is 1160 g/mol. The number of esters is 4. The molecule has 0 amide bonds. The minimum absolute atomic E-state index is 0.0291. The summed E-state index contributed by atoms with van der Waals surface area (Å²) in [5.74, 6) is 1.52. The van der Waals surface area contributed by atoms with E-state index in [1.165, 1.54) is 49.0 Å². The van der Waals surface area contributed by atoms with Crippen LogP contribution in [0.2, 0.25) is 0 Å². The maximum atomic E-state index is 12.4. The Morgan fingerprint density at radius 1 is 0.442 bits per heavy atom. The number of carbonyl (C=O) groups is 4. The molecule has 11 atom stereocenters. The highest BCUT2D eigenvalue weighted by Crippen LogP contribution is 2.56. The van der Waals surface area contributed by atoms with Crippen LogP contribution in [0.25, 0.3) is 43.1 Å². The molecule has 8 unspecified atom stereocenters. The van der Waals surface area contributed by atoms with Gasteiger partial charge in [-0.15, -0.1) is 0 Å². The van der Waals surface area contributed by atoms with Crippen LogP contribution in [0.15, 0.2) is 170 Å². The molecule has 11 heteroatoms.